The van der Waals surface area contributed by atoms with Crippen LogP contribution in [0.15, 0.2) is 176 Å². The van der Waals surface area contributed by atoms with Gasteiger partial charge < -0.3 is 4.57 Å². The van der Waals surface area contributed by atoms with E-state index in [1.54, 1.807) is 0 Å². The molecule has 0 radical (unpaired) electrons. The zero-order valence-electron chi connectivity index (χ0n) is 27.5. The molecular weight excluding hydrogens is 623 g/mol. The van der Waals surface area contributed by atoms with Crippen molar-refractivity contribution in [2.24, 2.45) is 0 Å². The van der Waals surface area contributed by atoms with Gasteiger partial charge in [-0.3, -0.25) is 0 Å². The summed E-state index contributed by atoms with van der Waals surface area (Å²) < 4.78 is 2.34. The van der Waals surface area contributed by atoms with Crippen LogP contribution in [0.3, 0.4) is 0 Å². The van der Waals surface area contributed by atoms with Crippen LogP contribution >= 0.6 is 0 Å². The quantitative estimate of drug-likeness (QED) is 0.186. The maximum Gasteiger partial charge on any atom is 0.0973 e. The Bertz CT molecular complexity index is 2720. The van der Waals surface area contributed by atoms with Crippen LogP contribution in [0, 0.1) is 0 Å². The first-order valence-corrected chi connectivity index (χ1v) is 17.1. The second-order valence-corrected chi connectivity index (χ2v) is 12.7. The van der Waals surface area contributed by atoms with E-state index in [9.17, 15) is 0 Å². The molecule has 0 amide bonds. The first-order valence-electron chi connectivity index (χ1n) is 17.1. The fraction of sp³-hybridized carbons (Fsp3) is 0. The molecule has 5 heteroatoms. The number of benzene rings is 7. The van der Waals surface area contributed by atoms with E-state index < -0.39 is 0 Å². The maximum absolute atomic E-state index is 5.23. The Morgan fingerprint density at radius 1 is 0.294 bits per heavy atom. The fourth-order valence-corrected chi connectivity index (χ4v) is 7.17. The Hall–Kier alpha value is -6.98. The zero-order valence-corrected chi connectivity index (χ0v) is 27.5. The lowest BCUT2D eigenvalue weighted by atomic mass is 9.99. The third-order valence-corrected chi connectivity index (χ3v) is 9.56. The van der Waals surface area contributed by atoms with E-state index in [0.717, 1.165) is 94.6 Å². The molecule has 3 aromatic heterocycles. The van der Waals surface area contributed by atoms with Crippen LogP contribution in [0.5, 0.6) is 0 Å². The highest BCUT2D eigenvalue weighted by atomic mass is 15.0. The van der Waals surface area contributed by atoms with Gasteiger partial charge in [-0.2, -0.15) is 0 Å². The third kappa shape index (κ3) is 4.94. The molecule has 0 aliphatic heterocycles. The van der Waals surface area contributed by atoms with Gasteiger partial charge in [-0.15, -0.1) is 0 Å². The topological polar surface area (TPSA) is 56.5 Å². The molecule has 0 N–H and O–H groups in total. The largest absolute Gasteiger partial charge is 0.309 e. The molecule has 3 heterocycles. The third-order valence-electron chi connectivity index (χ3n) is 9.56. The highest BCUT2D eigenvalue weighted by Crippen LogP contribution is 2.40. The summed E-state index contributed by atoms with van der Waals surface area (Å²) in [5.74, 6) is 0. The molecule has 10 rings (SSSR count). The number of aromatic nitrogens is 5. The molecule has 5 nitrogen and oxygen atoms in total. The highest BCUT2D eigenvalue weighted by Gasteiger charge is 2.20. The minimum atomic E-state index is 0.852. The van der Waals surface area contributed by atoms with Gasteiger partial charge in [0.05, 0.1) is 55.9 Å². The SMILES string of the molecule is c1ccc(-c2nc3ccccc3nc2-c2ccc3c(c2)c2cc(-c4nc5ccccc5nc4-c4ccccc4)ccc2n3-c2ccccc2)cc1. The van der Waals surface area contributed by atoms with Crippen LogP contribution in [0.4, 0.5) is 0 Å². The Labute approximate surface area is 294 Å². The summed E-state index contributed by atoms with van der Waals surface area (Å²) in [7, 11) is 0. The lowest BCUT2D eigenvalue weighted by molar-refractivity contribution is 1.18. The van der Waals surface area contributed by atoms with Gasteiger partial charge in [0.15, 0.2) is 0 Å². The van der Waals surface area contributed by atoms with Crippen LogP contribution < -0.4 is 0 Å². The maximum atomic E-state index is 5.23. The number of nitrogens with zero attached hydrogens (tertiary/aromatic N) is 5. The van der Waals surface area contributed by atoms with Gasteiger partial charge in [-0.1, -0.05) is 115 Å². The van der Waals surface area contributed by atoms with E-state index in [-0.39, 0.29) is 0 Å². The molecule has 0 atom stereocenters. The fourth-order valence-electron chi connectivity index (χ4n) is 7.17. The van der Waals surface area contributed by atoms with E-state index in [1.165, 1.54) is 0 Å². The molecule has 7 aromatic carbocycles. The molecule has 10 aromatic rings. The van der Waals surface area contributed by atoms with Crippen molar-refractivity contribution in [3.05, 3.63) is 176 Å². The van der Waals surface area contributed by atoms with Crippen LogP contribution in [-0.4, -0.2) is 24.5 Å². The lowest BCUT2D eigenvalue weighted by Crippen LogP contribution is -1.96. The van der Waals surface area contributed by atoms with Crippen LogP contribution in [-0.2, 0) is 0 Å². The van der Waals surface area contributed by atoms with Gasteiger partial charge in [-0.05, 0) is 60.7 Å². The van der Waals surface area contributed by atoms with Crippen LogP contribution in [0.1, 0.15) is 0 Å². The lowest BCUT2D eigenvalue weighted by Gasteiger charge is -2.11. The summed E-state index contributed by atoms with van der Waals surface area (Å²) >= 11 is 0. The van der Waals surface area contributed by atoms with Crippen molar-refractivity contribution in [2.75, 3.05) is 0 Å². The van der Waals surface area contributed by atoms with Gasteiger partial charge in [0.2, 0.25) is 0 Å². The van der Waals surface area contributed by atoms with Gasteiger partial charge >= 0.3 is 0 Å². The van der Waals surface area contributed by atoms with E-state index in [2.05, 4.69) is 95.6 Å². The van der Waals surface area contributed by atoms with E-state index >= 15 is 0 Å². The van der Waals surface area contributed by atoms with Crippen molar-refractivity contribution in [2.45, 2.75) is 0 Å². The molecule has 51 heavy (non-hydrogen) atoms. The molecule has 0 saturated heterocycles. The van der Waals surface area contributed by atoms with Crippen LogP contribution in [0.2, 0.25) is 0 Å². The molecule has 0 aliphatic carbocycles. The van der Waals surface area contributed by atoms with Crippen molar-refractivity contribution < 1.29 is 0 Å². The van der Waals surface area contributed by atoms with E-state index in [4.69, 9.17) is 19.9 Å². The second-order valence-electron chi connectivity index (χ2n) is 12.7. The molecule has 0 fully saturated rings. The Balaban J connectivity index is 1.25. The number of hydrogen-bond acceptors (Lipinski definition) is 4. The summed E-state index contributed by atoms with van der Waals surface area (Å²) in [5.41, 5.74) is 14.3. The first kappa shape index (κ1) is 29.0. The van der Waals surface area contributed by atoms with Crippen molar-refractivity contribution >= 4 is 43.9 Å². The molecule has 0 saturated carbocycles. The van der Waals surface area contributed by atoms with E-state index in [0.29, 0.717) is 0 Å². The minimum absolute atomic E-state index is 0.852. The number of fused-ring (bicyclic) bond motifs is 5. The van der Waals surface area contributed by atoms with Crippen molar-refractivity contribution in [1.82, 2.24) is 24.5 Å². The number of rotatable bonds is 5. The summed E-state index contributed by atoms with van der Waals surface area (Å²) in [4.78, 5) is 20.8. The smallest absolute Gasteiger partial charge is 0.0973 e. The minimum Gasteiger partial charge on any atom is -0.309 e. The summed E-state index contributed by atoms with van der Waals surface area (Å²) in [6.07, 6.45) is 0. The summed E-state index contributed by atoms with van der Waals surface area (Å²) in [6.45, 7) is 0. The standard InChI is InChI=1S/C46H29N5/c1-4-14-30(15-5-1)43-45(49-39-22-12-10-20-37(39)47-43)32-24-26-41-35(28-32)36-29-33(25-27-42(36)51(41)34-18-8-3-9-19-34)46-44(31-16-6-2-7-17-31)48-38-21-11-13-23-40(38)50-46/h1-29H. The molecule has 0 bridgehead atoms. The monoisotopic (exact) mass is 651 g/mol. The first-order chi connectivity index (χ1) is 25.3. The molecule has 0 aliphatic rings. The summed E-state index contributed by atoms with van der Waals surface area (Å²) in [6, 6.07) is 60.7. The average Bonchev–Trinajstić information content (AvgIpc) is 3.54. The van der Waals surface area contributed by atoms with Gasteiger partial charge in [0, 0.05) is 38.7 Å². The molecule has 0 unspecified atom stereocenters. The van der Waals surface area contributed by atoms with Crippen molar-refractivity contribution in [3.8, 4) is 50.7 Å². The zero-order chi connectivity index (χ0) is 33.7. The molecule has 238 valence electrons. The molecule has 0 spiro atoms. The Morgan fingerprint density at radius 3 is 1.02 bits per heavy atom. The van der Waals surface area contributed by atoms with Gasteiger partial charge in [0.25, 0.3) is 0 Å². The average molecular weight is 652 g/mol. The van der Waals surface area contributed by atoms with E-state index in [1.807, 2.05) is 84.9 Å². The van der Waals surface area contributed by atoms with Gasteiger partial charge in [-0.25, -0.2) is 19.9 Å². The molecular formula is C46H29N5. The Morgan fingerprint density at radius 2 is 0.627 bits per heavy atom. The van der Waals surface area contributed by atoms with Crippen molar-refractivity contribution in [3.63, 3.8) is 0 Å². The summed E-state index contributed by atoms with van der Waals surface area (Å²) in [5, 5.41) is 2.24. The number of para-hydroxylation sites is 5. The number of hydrogen-bond donors (Lipinski definition) is 0. The Kier molecular flexibility index (Phi) is 6.74. The predicted molar refractivity (Wildman–Crippen MR) is 209 cm³/mol. The van der Waals surface area contributed by atoms with Crippen LogP contribution in [0.25, 0.3) is 94.6 Å². The second kappa shape index (κ2) is 11.9. The normalized spacial score (nSPS) is 11.5. The highest BCUT2D eigenvalue weighted by molar-refractivity contribution is 6.12. The van der Waals surface area contributed by atoms with Crippen molar-refractivity contribution in [1.29, 1.82) is 0 Å². The predicted octanol–water partition coefficient (Wildman–Crippen LogP) is 11.3. The van der Waals surface area contributed by atoms with Gasteiger partial charge in [0.1, 0.15) is 0 Å².